The highest BCUT2D eigenvalue weighted by atomic mass is 16.5. The average Bonchev–Trinajstić information content (AvgIpc) is 2.50. The highest BCUT2D eigenvalue weighted by Crippen LogP contribution is 2.15. The molecule has 0 radical (unpaired) electrons. The van der Waals surface area contributed by atoms with E-state index in [1.54, 1.807) is 24.3 Å². The van der Waals surface area contributed by atoms with Crippen LogP contribution in [-0.4, -0.2) is 48.4 Å². The predicted octanol–water partition coefficient (Wildman–Crippen LogP) is 1.40. The summed E-state index contributed by atoms with van der Waals surface area (Å²) in [7, 11) is 0. The molecule has 0 aliphatic heterocycles. The number of ether oxygens (including phenoxy) is 1. The highest BCUT2D eigenvalue weighted by Gasteiger charge is 2.16. The van der Waals surface area contributed by atoms with Gasteiger partial charge in [0, 0.05) is 25.2 Å². The molecule has 0 fully saturated rings. The van der Waals surface area contributed by atoms with E-state index >= 15 is 0 Å². The summed E-state index contributed by atoms with van der Waals surface area (Å²) in [6.45, 7) is 7.25. The van der Waals surface area contributed by atoms with E-state index in [0.29, 0.717) is 18.0 Å². The van der Waals surface area contributed by atoms with Crippen LogP contribution in [-0.2, 0) is 14.4 Å². The zero-order valence-electron chi connectivity index (χ0n) is 14.6. The molecular weight excluding hydrogens is 310 g/mol. The van der Waals surface area contributed by atoms with Crippen LogP contribution in [0.4, 0.5) is 5.69 Å². The van der Waals surface area contributed by atoms with E-state index in [1.165, 1.54) is 11.8 Å². The Labute approximate surface area is 142 Å². The first-order valence-electron chi connectivity index (χ1n) is 7.89. The normalized spacial score (nSPS) is 10.2. The molecule has 1 rings (SSSR count). The number of amides is 3. The number of benzene rings is 1. The molecule has 7 heteroatoms. The minimum absolute atomic E-state index is 0.0122. The quantitative estimate of drug-likeness (QED) is 0.752. The van der Waals surface area contributed by atoms with Gasteiger partial charge in [-0.3, -0.25) is 14.4 Å². The number of hydrogen-bond acceptors (Lipinski definition) is 4. The number of likely N-dealkylation sites (N-methyl/N-ethyl adjacent to an activating group) is 1. The largest absolute Gasteiger partial charge is 0.484 e. The predicted molar refractivity (Wildman–Crippen MR) is 91.8 cm³/mol. The molecule has 24 heavy (non-hydrogen) atoms. The molecule has 0 bridgehead atoms. The van der Waals surface area contributed by atoms with Gasteiger partial charge in [0.15, 0.2) is 6.61 Å². The summed E-state index contributed by atoms with van der Waals surface area (Å²) in [5.74, 6) is -0.0977. The molecule has 0 saturated heterocycles. The Morgan fingerprint density at radius 2 is 1.79 bits per heavy atom. The van der Waals surface area contributed by atoms with E-state index in [9.17, 15) is 14.4 Å². The van der Waals surface area contributed by atoms with Crippen molar-refractivity contribution in [1.29, 1.82) is 0 Å². The van der Waals surface area contributed by atoms with E-state index in [1.807, 2.05) is 20.8 Å². The van der Waals surface area contributed by atoms with Gasteiger partial charge in [-0.2, -0.15) is 0 Å². The molecule has 1 aromatic carbocycles. The van der Waals surface area contributed by atoms with Crippen LogP contribution in [0.2, 0.25) is 0 Å². The number of nitrogens with zero attached hydrogens (tertiary/aromatic N) is 1. The summed E-state index contributed by atoms with van der Waals surface area (Å²) in [5.41, 5.74) is 0.654. The molecule has 0 aliphatic rings. The van der Waals surface area contributed by atoms with Crippen LogP contribution >= 0.6 is 0 Å². The van der Waals surface area contributed by atoms with Gasteiger partial charge in [0.2, 0.25) is 11.8 Å². The van der Waals surface area contributed by atoms with Crippen molar-refractivity contribution in [3.63, 3.8) is 0 Å². The van der Waals surface area contributed by atoms with Crippen molar-refractivity contribution in [3.8, 4) is 5.75 Å². The van der Waals surface area contributed by atoms with Gasteiger partial charge in [0.1, 0.15) is 5.75 Å². The fourth-order valence-electron chi connectivity index (χ4n) is 1.99. The lowest BCUT2D eigenvalue weighted by molar-refractivity contribution is -0.137. The number of hydrogen-bond donors (Lipinski definition) is 2. The third kappa shape index (κ3) is 7.13. The van der Waals surface area contributed by atoms with Crippen molar-refractivity contribution in [2.24, 2.45) is 0 Å². The van der Waals surface area contributed by atoms with E-state index < -0.39 is 0 Å². The van der Waals surface area contributed by atoms with Gasteiger partial charge >= 0.3 is 0 Å². The molecule has 0 aromatic heterocycles. The molecule has 3 amide bonds. The minimum atomic E-state index is -0.262. The zero-order valence-corrected chi connectivity index (χ0v) is 14.6. The molecule has 1 aromatic rings. The Morgan fingerprint density at radius 1 is 1.17 bits per heavy atom. The van der Waals surface area contributed by atoms with Crippen LogP contribution in [0.25, 0.3) is 0 Å². The standard InChI is InChI=1S/C17H25N3O4/c1-5-20(10-16(22)18-12(2)3)17(23)11-24-15-8-6-14(7-9-15)19-13(4)21/h6-9,12H,5,10-11H2,1-4H3,(H,18,22)(H,19,21). The lowest BCUT2D eigenvalue weighted by Gasteiger charge is -2.21. The van der Waals surface area contributed by atoms with Crippen LogP contribution in [0.1, 0.15) is 27.7 Å². The van der Waals surface area contributed by atoms with E-state index in [-0.39, 0.29) is 36.9 Å². The Morgan fingerprint density at radius 3 is 2.29 bits per heavy atom. The van der Waals surface area contributed by atoms with Crippen molar-refractivity contribution >= 4 is 23.4 Å². The third-order valence-electron chi connectivity index (χ3n) is 3.06. The van der Waals surface area contributed by atoms with Crippen molar-refractivity contribution < 1.29 is 19.1 Å². The maximum Gasteiger partial charge on any atom is 0.260 e. The van der Waals surface area contributed by atoms with Gasteiger partial charge in [-0.05, 0) is 45.0 Å². The summed E-state index contributed by atoms with van der Waals surface area (Å²) in [6.07, 6.45) is 0. The minimum Gasteiger partial charge on any atom is -0.484 e. The SMILES string of the molecule is CCN(CC(=O)NC(C)C)C(=O)COc1ccc(NC(C)=O)cc1. The van der Waals surface area contributed by atoms with Crippen LogP contribution in [0.3, 0.4) is 0 Å². The van der Waals surface area contributed by atoms with Crippen LogP contribution in [0.15, 0.2) is 24.3 Å². The van der Waals surface area contributed by atoms with Crippen LogP contribution < -0.4 is 15.4 Å². The second kappa shape index (κ2) is 9.54. The number of carbonyl (C=O) groups excluding carboxylic acids is 3. The number of nitrogens with one attached hydrogen (secondary N) is 2. The first kappa shape index (κ1) is 19.5. The van der Waals surface area contributed by atoms with Gasteiger partial charge in [-0.25, -0.2) is 0 Å². The van der Waals surface area contributed by atoms with E-state index in [0.717, 1.165) is 0 Å². The smallest absolute Gasteiger partial charge is 0.260 e. The molecule has 7 nitrogen and oxygen atoms in total. The Bertz CT molecular complexity index is 570. The summed E-state index contributed by atoms with van der Waals surface area (Å²) < 4.78 is 5.44. The van der Waals surface area contributed by atoms with Gasteiger partial charge in [0.25, 0.3) is 5.91 Å². The summed E-state index contributed by atoms with van der Waals surface area (Å²) in [4.78, 5) is 36.3. The fourth-order valence-corrected chi connectivity index (χ4v) is 1.99. The van der Waals surface area contributed by atoms with Gasteiger partial charge in [-0.15, -0.1) is 0 Å². The Hall–Kier alpha value is -2.57. The van der Waals surface area contributed by atoms with Crippen molar-refractivity contribution in [3.05, 3.63) is 24.3 Å². The number of anilines is 1. The Kier molecular flexibility index (Phi) is 7.74. The molecule has 0 unspecified atom stereocenters. The zero-order chi connectivity index (χ0) is 18.1. The van der Waals surface area contributed by atoms with Gasteiger partial charge in [0.05, 0.1) is 6.54 Å². The van der Waals surface area contributed by atoms with Crippen molar-refractivity contribution in [2.45, 2.75) is 33.7 Å². The fraction of sp³-hybridized carbons (Fsp3) is 0.471. The second-order valence-corrected chi connectivity index (χ2v) is 5.62. The molecule has 0 aliphatic carbocycles. The maximum absolute atomic E-state index is 12.1. The lowest BCUT2D eigenvalue weighted by atomic mass is 10.3. The van der Waals surface area contributed by atoms with Crippen LogP contribution in [0, 0.1) is 0 Å². The average molecular weight is 335 g/mol. The Balaban J connectivity index is 2.50. The van der Waals surface area contributed by atoms with Crippen molar-refractivity contribution in [2.75, 3.05) is 25.0 Å². The summed E-state index contributed by atoms with van der Waals surface area (Å²) in [5, 5.41) is 5.40. The molecule has 0 atom stereocenters. The first-order chi connectivity index (χ1) is 11.3. The molecule has 132 valence electrons. The van der Waals surface area contributed by atoms with E-state index in [2.05, 4.69) is 10.6 Å². The maximum atomic E-state index is 12.1. The summed E-state index contributed by atoms with van der Waals surface area (Å²) in [6, 6.07) is 6.74. The molecule has 2 N–H and O–H groups in total. The monoisotopic (exact) mass is 335 g/mol. The lowest BCUT2D eigenvalue weighted by Crippen LogP contribution is -2.44. The molecule has 0 heterocycles. The van der Waals surface area contributed by atoms with Gasteiger partial charge in [-0.1, -0.05) is 0 Å². The topological polar surface area (TPSA) is 87.7 Å². The highest BCUT2D eigenvalue weighted by molar-refractivity contribution is 5.88. The molecule has 0 saturated carbocycles. The van der Waals surface area contributed by atoms with E-state index in [4.69, 9.17) is 4.74 Å². The first-order valence-corrected chi connectivity index (χ1v) is 7.89. The molecular formula is C17H25N3O4. The van der Waals surface area contributed by atoms with Crippen LogP contribution in [0.5, 0.6) is 5.75 Å². The third-order valence-corrected chi connectivity index (χ3v) is 3.06. The number of rotatable bonds is 8. The number of carbonyl (C=O) groups is 3. The van der Waals surface area contributed by atoms with Crippen molar-refractivity contribution in [1.82, 2.24) is 10.2 Å². The second-order valence-electron chi connectivity index (χ2n) is 5.62. The van der Waals surface area contributed by atoms with Gasteiger partial charge < -0.3 is 20.3 Å². The summed E-state index contributed by atoms with van der Waals surface area (Å²) >= 11 is 0. The molecule has 0 spiro atoms.